The van der Waals surface area contributed by atoms with Gasteiger partial charge in [-0.15, -0.1) is 0 Å². The molecule has 0 aromatic carbocycles. The third kappa shape index (κ3) is 7.56. The topological polar surface area (TPSA) is 111 Å². The lowest BCUT2D eigenvalue weighted by Crippen LogP contribution is -2.30. The first kappa shape index (κ1) is 19.6. The smallest absolute Gasteiger partial charge is 0.331 e. The van der Waals surface area contributed by atoms with Gasteiger partial charge in [0.2, 0.25) is 0 Å². The number of aromatic amines is 1. The molecule has 1 aromatic heterocycles. The summed E-state index contributed by atoms with van der Waals surface area (Å²) in [7, 11) is -3.68. The van der Waals surface area contributed by atoms with Gasteiger partial charge in [-0.2, -0.15) is 0 Å². The van der Waals surface area contributed by atoms with E-state index in [9.17, 15) is 19.0 Å². The molecule has 0 amide bonds. The fraction of sp³-hybridized carbons (Fsp3) is 0.571. The Morgan fingerprint density at radius 3 is 2.78 bits per heavy atom. The van der Waals surface area contributed by atoms with Crippen molar-refractivity contribution >= 4 is 7.60 Å². The lowest BCUT2D eigenvalue weighted by atomic mass is 10.4. The zero-order valence-electron chi connectivity index (χ0n) is 13.4. The number of ether oxygens (including phenoxy) is 1. The summed E-state index contributed by atoms with van der Waals surface area (Å²) in [6.07, 6.45) is 4.91. The highest BCUT2D eigenvalue weighted by molar-refractivity contribution is 7.53. The number of hydrogen-bond donors (Lipinski definition) is 2. The van der Waals surface area contributed by atoms with Gasteiger partial charge in [-0.25, -0.2) is 4.79 Å². The standard InChI is InChI=1S/C14H23N2O6P/c1-3-21-8-6-9-22-23(19,20)10-5-4-7-16-11-12(2)13(17)15-14(16)18/h4-5,11H,3,6-10H2,1-2H3,(H,19,20)(H,15,17,18)/b5-4+. The molecule has 0 saturated heterocycles. The monoisotopic (exact) mass is 346 g/mol. The van der Waals surface area contributed by atoms with Gasteiger partial charge in [0.25, 0.3) is 5.56 Å². The molecule has 0 aliphatic rings. The first-order valence-electron chi connectivity index (χ1n) is 7.35. The van der Waals surface area contributed by atoms with E-state index in [2.05, 4.69) is 4.98 Å². The summed E-state index contributed by atoms with van der Waals surface area (Å²) < 4.78 is 23.1. The highest BCUT2D eigenvalue weighted by atomic mass is 31.2. The van der Waals surface area contributed by atoms with Crippen LogP contribution in [0.2, 0.25) is 0 Å². The second-order valence-electron chi connectivity index (χ2n) is 4.90. The van der Waals surface area contributed by atoms with E-state index in [0.29, 0.717) is 25.2 Å². The normalized spacial score (nSPS) is 14.2. The first-order valence-corrected chi connectivity index (χ1v) is 9.11. The van der Waals surface area contributed by atoms with Crippen LogP contribution in [-0.4, -0.2) is 40.4 Å². The van der Waals surface area contributed by atoms with Crippen molar-refractivity contribution < 1.29 is 18.7 Å². The molecule has 2 N–H and O–H groups in total. The summed E-state index contributed by atoms with van der Waals surface area (Å²) in [6, 6.07) is 0. The van der Waals surface area contributed by atoms with E-state index in [1.54, 1.807) is 13.0 Å². The largest absolute Gasteiger partial charge is 0.382 e. The van der Waals surface area contributed by atoms with Gasteiger partial charge in [-0.05, 0) is 20.3 Å². The van der Waals surface area contributed by atoms with Gasteiger partial charge in [-0.1, -0.05) is 12.2 Å². The van der Waals surface area contributed by atoms with Crippen molar-refractivity contribution in [3.8, 4) is 0 Å². The lowest BCUT2D eigenvalue weighted by Gasteiger charge is -2.10. The van der Waals surface area contributed by atoms with Crippen LogP contribution >= 0.6 is 7.60 Å². The van der Waals surface area contributed by atoms with Crippen molar-refractivity contribution in [3.63, 3.8) is 0 Å². The molecule has 130 valence electrons. The molecule has 0 fully saturated rings. The number of aromatic nitrogens is 2. The Kier molecular flexibility index (Phi) is 8.19. The number of aryl methyl sites for hydroxylation is 1. The van der Waals surface area contributed by atoms with Crippen LogP contribution in [0.25, 0.3) is 0 Å². The molecular formula is C14H23N2O6P. The predicted octanol–water partition coefficient (Wildman–Crippen LogP) is 1.03. The van der Waals surface area contributed by atoms with E-state index in [1.165, 1.54) is 16.8 Å². The third-order valence-corrected chi connectivity index (χ3v) is 4.18. The number of hydrogen-bond acceptors (Lipinski definition) is 5. The summed E-state index contributed by atoms with van der Waals surface area (Å²) in [5.74, 6) is 0. The van der Waals surface area contributed by atoms with E-state index in [1.807, 2.05) is 6.92 Å². The fourth-order valence-electron chi connectivity index (χ4n) is 1.72. The molecule has 1 atom stereocenters. The summed E-state index contributed by atoms with van der Waals surface area (Å²) in [6.45, 7) is 4.90. The van der Waals surface area contributed by atoms with E-state index in [4.69, 9.17) is 9.26 Å². The molecule has 1 aromatic rings. The highest BCUT2D eigenvalue weighted by Gasteiger charge is 2.16. The van der Waals surface area contributed by atoms with Crippen molar-refractivity contribution in [2.45, 2.75) is 26.8 Å². The molecule has 0 spiro atoms. The molecule has 0 aliphatic heterocycles. The summed E-state index contributed by atoms with van der Waals surface area (Å²) in [5.41, 5.74) is -0.524. The van der Waals surface area contributed by atoms with Gasteiger partial charge in [0.05, 0.1) is 12.8 Å². The van der Waals surface area contributed by atoms with Crippen LogP contribution in [-0.2, 0) is 20.4 Å². The average Bonchev–Trinajstić information content (AvgIpc) is 2.48. The molecule has 23 heavy (non-hydrogen) atoms. The summed E-state index contributed by atoms with van der Waals surface area (Å²) in [4.78, 5) is 34.6. The molecule has 0 aliphatic carbocycles. The number of rotatable bonds is 10. The summed E-state index contributed by atoms with van der Waals surface area (Å²) in [5, 5.41) is 0. The van der Waals surface area contributed by atoms with E-state index >= 15 is 0 Å². The first-order chi connectivity index (χ1) is 10.9. The van der Waals surface area contributed by atoms with E-state index < -0.39 is 18.8 Å². The van der Waals surface area contributed by atoms with Gasteiger partial charge in [0.15, 0.2) is 0 Å². The minimum absolute atomic E-state index is 0.140. The average molecular weight is 346 g/mol. The maximum atomic E-state index is 11.7. The number of H-pyrrole nitrogens is 1. The minimum Gasteiger partial charge on any atom is -0.382 e. The van der Waals surface area contributed by atoms with Gasteiger partial charge in [0, 0.05) is 31.5 Å². The van der Waals surface area contributed by atoms with Crippen LogP contribution in [0.15, 0.2) is 27.9 Å². The Morgan fingerprint density at radius 1 is 1.35 bits per heavy atom. The zero-order valence-corrected chi connectivity index (χ0v) is 14.3. The van der Waals surface area contributed by atoms with Crippen molar-refractivity contribution in [2.75, 3.05) is 26.0 Å². The quantitative estimate of drug-likeness (QED) is 0.372. The third-order valence-electron chi connectivity index (χ3n) is 2.92. The van der Waals surface area contributed by atoms with Crippen molar-refractivity contribution in [3.05, 3.63) is 44.8 Å². The van der Waals surface area contributed by atoms with Crippen molar-refractivity contribution in [1.82, 2.24) is 9.55 Å². The van der Waals surface area contributed by atoms with Crippen LogP contribution < -0.4 is 11.2 Å². The highest BCUT2D eigenvalue weighted by Crippen LogP contribution is 2.41. The van der Waals surface area contributed by atoms with Crippen LogP contribution in [0.3, 0.4) is 0 Å². The minimum atomic E-state index is -3.68. The molecule has 0 radical (unpaired) electrons. The lowest BCUT2D eigenvalue weighted by molar-refractivity contribution is 0.128. The predicted molar refractivity (Wildman–Crippen MR) is 87.0 cm³/mol. The van der Waals surface area contributed by atoms with Gasteiger partial charge in [0.1, 0.15) is 0 Å². The molecule has 1 unspecified atom stereocenters. The van der Waals surface area contributed by atoms with Crippen molar-refractivity contribution in [1.29, 1.82) is 0 Å². The fourth-order valence-corrected chi connectivity index (χ4v) is 2.65. The maximum absolute atomic E-state index is 11.7. The maximum Gasteiger partial charge on any atom is 0.331 e. The molecular weight excluding hydrogens is 323 g/mol. The molecule has 9 heteroatoms. The second kappa shape index (κ2) is 9.62. The van der Waals surface area contributed by atoms with Crippen LogP contribution in [0.4, 0.5) is 0 Å². The zero-order chi connectivity index (χ0) is 17.3. The molecule has 0 bridgehead atoms. The summed E-state index contributed by atoms with van der Waals surface area (Å²) >= 11 is 0. The van der Waals surface area contributed by atoms with Gasteiger partial charge in [-0.3, -0.25) is 18.9 Å². The van der Waals surface area contributed by atoms with Gasteiger partial charge >= 0.3 is 13.3 Å². The SMILES string of the molecule is CCOCCCOP(=O)(O)C/C=C/Cn1cc(C)c(=O)[nH]c1=O. The van der Waals surface area contributed by atoms with Crippen LogP contribution in [0, 0.1) is 6.92 Å². The van der Waals surface area contributed by atoms with Crippen molar-refractivity contribution in [2.24, 2.45) is 0 Å². The number of nitrogens with zero attached hydrogens (tertiary/aromatic N) is 1. The van der Waals surface area contributed by atoms with E-state index in [-0.39, 0.29) is 19.3 Å². The number of allylic oxidation sites excluding steroid dienone is 2. The Hall–Kier alpha value is -1.47. The van der Waals surface area contributed by atoms with Crippen LogP contribution in [0.5, 0.6) is 0 Å². The molecule has 1 rings (SSSR count). The Balaban J connectivity index is 2.43. The Bertz CT molecular complexity index is 679. The molecule has 1 heterocycles. The molecule has 0 saturated carbocycles. The second-order valence-corrected chi connectivity index (χ2v) is 6.80. The Labute approximate surface area is 134 Å². The number of nitrogens with one attached hydrogen (secondary N) is 1. The van der Waals surface area contributed by atoms with E-state index in [0.717, 1.165) is 0 Å². The molecule has 8 nitrogen and oxygen atoms in total. The van der Waals surface area contributed by atoms with Gasteiger partial charge < -0.3 is 14.2 Å². The Morgan fingerprint density at radius 2 is 2.09 bits per heavy atom. The van der Waals surface area contributed by atoms with Crippen LogP contribution in [0.1, 0.15) is 18.9 Å².